The molecule has 0 aliphatic rings. The van der Waals surface area contributed by atoms with Crippen LogP contribution >= 0.6 is 0 Å². The highest BCUT2D eigenvalue weighted by molar-refractivity contribution is 5.92. The molecule has 1 aromatic rings. The number of aromatic nitrogens is 2. The largest absolute Gasteiger partial charge is 0.337 e. The maximum absolute atomic E-state index is 12.2. The predicted octanol–water partition coefficient (Wildman–Crippen LogP) is 1.99. The maximum atomic E-state index is 12.2. The Bertz CT molecular complexity index is 351. The van der Waals surface area contributed by atoms with Gasteiger partial charge in [-0.1, -0.05) is 13.8 Å². The molecular weight excluding hydrogens is 202 g/mol. The van der Waals surface area contributed by atoms with Crippen LogP contribution in [0.15, 0.2) is 6.07 Å². The van der Waals surface area contributed by atoms with Crippen LogP contribution < -0.4 is 0 Å². The molecule has 0 atom stereocenters. The maximum Gasteiger partial charge on any atom is 0.272 e. The van der Waals surface area contributed by atoms with Crippen molar-refractivity contribution in [1.29, 1.82) is 0 Å². The molecule has 4 heteroatoms. The molecule has 4 nitrogen and oxygen atoms in total. The summed E-state index contributed by atoms with van der Waals surface area (Å²) in [5.74, 6) is 0.0896. The van der Waals surface area contributed by atoms with Crippen molar-refractivity contribution in [2.24, 2.45) is 7.05 Å². The molecule has 0 aromatic carbocycles. The van der Waals surface area contributed by atoms with E-state index in [2.05, 4.69) is 18.9 Å². The molecule has 0 N–H and O–H groups in total. The Morgan fingerprint density at radius 3 is 2.31 bits per heavy atom. The Morgan fingerprint density at radius 1 is 1.38 bits per heavy atom. The number of hydrogen-bond donors (Lipinski definition) is 0. The smallest absolute Gasteiger partial charge is 0.272 e. The van der Waals surface area contributed by atoms with Crippen molar-refractivity contribution in [1.82, 2.24) is 14.7 Å². The Labute approximate surface area is 97.2 Å². The number of rotatable bonds is 5. The van der Waals surface area contributed by atoms with Crippen LogP contribution in [0.5, 0.6) is 0 Å². The third kappa shape index (κ3) is 2.84. The highest BCUT2D eigenvalue weighted by atomic mass is 16.2. The Morgan fingerprint density at radius 2 is 1.94 bits per heavy atom. The quantitative estimate of drug-likeness (QED) is 0.765. The molecule has 0 aliphatic heterocycles. The molecule has 1 heterocycles. The molecule has 0 fully saturated rings. The van der Waals surface area contributed by atoms with E-state index in [9.17, 15) is 4.79 Å². The van der Waals surface area contributed by atoms with Gasteiger partial charge in [-0.2, -0.15) is 5.10 Å². The average Bonchev–Trinajstić information content (AvgIpc) is 2.56. The molecule has 1 rings (SSSR count). The average molecular weight is 223 g/mol. The number of carbonyl (C=O) groups excluding carboxylic acids is 1. The highest BCUT2D eigenvalue weighted by Crippen LogP contribution is 2.07. The van der Waals surface area contributed by atoms with Crippen LogP contribution in [-0.2, 0) is 7.05 Å². The number of nitrogens with zero attached hydrogens (tertiary/aromatic N) is 3. The van der Waals surface area contributed by atoms with Crippen molar-refractivity contribution in [2.75, 3.05) is 13.1 Å². The molecule has 1 amide bonds. The van der Waals surface area contributed by atoms with Gasteiger partial charge in [0.25, 0.3) is 5.91 Å². The summed E-state index contributed by atoms with van der Waals surface area (Å²) in [4.78, 5) is 14.1. The van der Waals surface area contributed by atoms with Crippen LogP contribution in [0.1, 0.15) is 42.9 Å². The van der Waals surface area contributed by atoms with E-state index < -0.39 is 0 Å². The zero-order valence-corrected chi connectivity index (χ0v) is 10.7. The van der Waals surface area contributed by atoms with Crippen LogP contribution in [0, 0.1) is 6.92 Å². The first-order valence-electron chi connectivity index (χ1n) is 5.90. The number of amides is 1. The van der Waals surface area contributed by atoms with Crippen LogP contribution in [-0.4, -0.2) is 33.7 Å². The van der Waals surface area contributed by atoms with E-state index in [0.29, 0.717) is 5.69 Å². The van der Waals surface area contributed by atoms with E-state index in [0.717, 1.165) is 31.6 Å². The van der Waals surface area contributed by atoms with Crippen LogP contribution in [0.25, 0.3) is 0 Å². The van der Waals surface area contributed by atoms with Gasteiger partial charge in [0.05, 0.1) is 5.69 Å². The van der Waals surface area contributed by atoms with Crippen molar-refractivity contribution in [3.8, 4) is 0 Å². The fraction of sp³-hybridized carbons (Fsp3) is 0.667. The second-order valence-electron chi connectivity index (χ2n) is 4.09. The van der Waals surface area contributed by atoms with E-state index in [4.69, 9.17) is 0 Å². The summed E-state index contributed by atoms with van der Waals surface area (Å²) in [6, 6.07) is 1.85. The van der Waals surface area contributed by atoms with Crippen molar-refractivity contribution in [2.45, 2.75) is 33.6 Å². The molecule has 16 heavy (non-hydrogen) atoms. The molecule has 90 valence electrons. The molecule has 1 aromatic heterocycles. The van der Waals surface area contributed by atoms with Crippen LogP contribution in [0.2, 0.25) is 0 Å². The van der Waals surface area contributed by atoms with Gasteiger partial charge in [0.2, 0.25) is 0 Å². The summed E-state index contributed by atoms with van der Waals surface area (Å²) in [5, 5.41) is 4.20. The van der Waals surface area contributed by atoms with Gasteiger partial charge in [-0.05, 0) is 25.8 Å². The van der Waals surface area contributed by atoms with E-state index in [1.54, 1.807) is 4.68 Å². The lowest BCUT2D eigenvalue weighted by Gasteiger charge is -2.21. The number of carbonyl (C=O) groups is 1. The lowest BCUT2D eigenvalue weighted by Crippen LogP contribution is -2.33. The normalized spacial score (nSPS) is 10.5. The van der Waals surface area contributed by atoms with Crippen molar-refractivity contribution < 1.29 is 4.79 Å². The molecule has 0 spiro atoms. The SMILES string of the molecule is CCCN(CCC)C(=O)c1cc(C)nn1C. The first kappa shape index (κ1) is 12.7. The number of hydrogen-bond acceptors (Lipinski definition) is 2. The van der Waals surface area contributed by atoms with Gasteiger partial charge >= 0.3 is 0 Å². The zero-order valence-electron chi connectivity index (χ0n) is 10.7. The van der Waals surface area contributed by atoms with E-state index >= 15 is 0 Å². The van der Waals surface area contributed by atoms with E-state index in [1.165, 1.54) is 0 Å². The summed E-state index contributed by atoms with van der Waals surface area (Å²) in [6.07, 6.45) is 1.98. The Kier molecular flexibility index (Phi) is 4.52. The van der Waals surface area contributed by atoms with E-state index in [1.807, 2.05) is 24.9 Å². The fourth-order valence-corrected chi connectivity index (χ4v) is 1.83. The van der Waals surface area contributed by atoms with Gasteiger partial charge in [-0.3, -0.25) is 9.48 Å². The molecule has 0 saturated heterocycles. The van der Waals surface area contributed by atoms with Crippen molar-refractivity contribution >= 4 is 5.91 Å². The minimum atomic E-state index is 0.0896. The summed E-state index contributed by atoms with van der Waals surface area (Å²) < 4.78 is 1.66. The van der Waals surface area contributed by atoms with Crippen LogP contribution in [0.4, 0.5) is 0 Å². The Balaban J connectivity index is 2.85. The summed E-state index contributed by atoms with van der Waals surface area (Å²) >= 11 is 0. The molecule has 0 bridgehead atoms. The third-order valence-electron chi connectivity index (χ3n) is 2.50. The van der Waals surface area contributed by atoms with Gasteiger partial charge < -0.3 is 4.90 Å². The predicted molar refractivity (Wildman–Crippen MR) is 64.4 cm³/mol. The van der Waals surface area contributed by atoms with Crippen LogP contribution in [0.3, 0.4) is 0 Å². The van der Waals surface area contributed by atoms with Gasteiger partial charge in [0.15, 0.2) is 0 Å². The third-order valence-corrected chi connectivity index (χ3v) is 2.50. The monoisotopic (exact) mass is 223 g/mol. The van der Waals surface area contributed by atoms with Gasteiger partial charge in [-0.25, -0.2) is 0 Å². The zero-order chi connectivity index (χ0) is 12.1. The standard InChI is InChI=1S/C12H21N3O/c1-5-7-15(8-6-2)12(16)11-9-10(3)13-14(11)4/h9H,5-8H2,1-4H3. The highest BCUT2D eigenvalue weighted by Gasteiger charge is 2.17. The molecule has 0 aliphatic carbocycles. The molecule has 0 saturated carbocycles. The minimum Gasteiger partial charge on any atom is -0.337 e. The minimum absolute atomic E-state index is 0.0896. The fourth-order valence-electron chi connectivity index (χ4n) is 1.83. The lowest BCUT2D eigenvalue weighted by atomic mass is 10.3. The summed E-state index contributed by atoms with van der Waals surface area (Å²) in [6.45, 7) is 7.71. The number of aryl methyl sites for hydroxylation is 2. The van der Waals surface area contributed by atoms with Gasteiger partial charge in [-0.15, -0.1) is 0 Å². The topological polar surface area (TPSA) is 38.1 Å². The van der Waals surface area contributed by atoms with Gasteiger partial charge in [0.1, 0.15) is 5.69 Å². The second-order valence-corrected chi connectivity index (χ2v) is 4.09. The van der Waals surface area contributed by atoms with E-state index in [-0.39, 0.29) is 5.91 Å². The van der Waals surface area contributed by atoms with Crippen molar-refractivity contribution in [3.63, 3.8) is 0 Å². The van der Waals surface area contributed by atoms with Gasteiger partial charge in [0, 0.05) is 20.1 Å². The molecular formula is C12H21N3O. The van der Waals surface area contributed by atoms with Crippen molar-refractivity contribution in [3.05, 3.63) is 17.5 Å². The summed E-state index contributed by atoms with van der Waals surface area (Å²) in [7, 11) is 1.82. The Hall–Kier alpha value is -1.32. The second kappa shape index (κ2) is 5.68. The first-order valence-corrected chi connectivity index (χ1v) is 5.90. The first-order chi connectivity index (χ1) is 7.60. The molecule has 0 radical (unpaired) electrons. The lowest BCUT2D eigenvalue weighted by molar-refractivity contribution is 0.0744. The summed E-state index contributed by atoms with van der Waals surface area (Å²) in [5.41, 5.74) is 1.57. The molecule has 0 unspecified atom stereocenters.